The van der Waals surface area contributed by atoms with Gasteiger partial charge in [0.15, 0.2) is 0 Å². The monoisotopic (exact) mass is 451 g/mol. The van der Waals surface area contributed by atoms with Crippen molar-refractivity contribution in [1.29, 1.82) is 0 Å². The minimum Gasteiger partial charge on any atom is -0.390 e. The van der Waals surface area contributed by atoms with E-state index >= 15 is 0 Å². The fraction of sp³-hybridized carbons (Fsp3) is 0.767. The number of aromatic nitrogens is 1. The predicted octanol–water partition coefficient (Wildman–Crippen LogP) is 7.01. The van der Waals surface area contributed by atoms with Gasteiger partial charge in [0.05, 0.1) is 17.4 Å². The van der Waals surface area contributed by atoms with Crippen molar-refractivity contribution in [2.45, 2.75) is 110 Å². The molecule has 182 valence electrons. The largest absolute Gasteiger partial charge is 0.390 e. The van der Waals surface area contributed by atoms with E-state index in [0.29, 0.717) is 10.8 Å². The minimum atomic E-state index is -0.459. The third-order valence-electron chi connectivity index (χ3n) is 11.2. The van der Waals surface area contributed by atoms with Gasteiger partial charge in [-0.05, 0) is 117 Å². The first kappa shape index (κ1) is 23.5. The number of allylic oxidation sites excluding steroid dienone is 1. The number of rotatable bonds is 6. The molecule has 1 aromatic rings. The molecule has 4 aliphatic rings. The molecule has 33 heavy (non-hydrogen) atoms. The molecule has 4 aliphatic carbocycles. The van der Waals surface area contributed by atoms with Gasteiger partial charge in [-0.1, -0.05) is 44.9 Å². The molecule has 0 bridgehead atoms. The van der Waals surface area contributed by atoms with Crippen molar-refractivity contribution < 1.29 is 10.2 Å². The second-order valence-corrected chi connectivity index (χ2v) is 12.5. The Morgan fingerprint density at radius 3 is 2.70 bits per heavy atom. The number of pyridine rings is 1. The molecule has 0 saturated heterocycles. The Hall–Kier alpha value is -1.19. The Balaban J connectivity index is 1.25. The van der Waals surface area contributed by atoms with Crippen LogP contribution in [0, 0.1) is 34.5 Å². The molecule has 0 aliphatic heterocycles. The summed E-state index contributed by atoms with van der Waals surface area (Å²) in [6.07, 6.45) is 17.7. The smallest absolute Gasteiger partial charge is 0.0959 e. The average molecular weight is 452 g/mol. The quantitative estimate of drug-likeness (QED) is 0.458. The van der Waals surface area contributed by atoms with Gasteiger partial charge in [-0.2, -0.15) is 0 Å². The fourth-order valence-electron chi connectivity index (χ4n) is 8.88. The van der Waals surface area contributed by atoms with Crippen LogP contribution in [0.2, 0.25) is 0 Å². The van der Waals surface area contributed by atoms with Gasteiger partial charge in [-0.25, -0.2) is 0 Å². The second kappa shape index (κ2) is 8.79. The first-order chi connectivity index (χ1) is 15.8. The lowest BCUT2D eigenvalue weighted by molar-refractivity contribution is -0.0718. The summed E-state index contributed by atoms with van der Waals surface area (Å²) in [5, 5.41) is 21.5. The zero-order valence-corrected chi connectivity index (χ0v) is 21.1. The van der Waals surface area contributed by atoms with Crippen LogP contribution in [0.5, 0.6) is 0 Å². The summed E-state index contributed by atoms with van der Waals surface area (Å²) in [7, 11) is 0. The summed E-state index contributed by atoms with van der Waals surface area (Å²) in [6, 6.07) is 5.82. The summed E-state index contributed by atoms with van der Waals surface area (Å²) >= 11 is 0. The highest BCUT2D eigenvalue weighted by molar-refractivity contribution is 5.27. The second-order valence-electron chi connectivity index (χ2n) is 12.5. The third kappa shape index (κ3) is 4.01. The number of hydrogen-bond donors (Lipinski definition) is 2. The van der Waals surface area contributed by atoms with Gasteiger partial charge in [-0.3, -0.25) is 4.98 Å². The molecule has 3 heteroatoms. The lowest BCUT2D eigenvalue weighted by atomic mass is 9.46. The van der Waals surface area contributed by atoms with Crippen molar-refractivity contribution in [3.63, 3.8) is 0 Å². The Labute approximate surface area is 201 Å². The van der Waals surface area contributed by atoms with Gasteiger partial charge in [0, 0.05) is 6.20 Å². The lowest BCUT2D eigenvalue weighted by Crippen LogP contribution is -2.52. The van der Waals surface area contributed by atoms with Crippen LogP contribution in [-0.4, -0.2) is 20.8 Å². The fourth-order valence-corrected chi connectivity index (χ4v) is 8.88. The van der Waals surface area contributed by atoms with E-state index < -0.39 is 11.7 Å². The maximum atomic E-state index is 11.0. The normalized spacial score (nSPS) is 43.2. The van der Waals surface area contributed by atoms with E-state index in [1.165, 1.54) is 44.9 Å². The summed E-state index contributed by atoms with van der Waals surface area (Å²) < 4.78 is 0. The molecule has 0 amide bonds. The molecular formula is C30H45NO2. The molecule has 0 spiro atoms. The van der Waals surface area contributed by atoms with E-state index in [4.69, 9.17) is 0 Å². The summed E-state index contributed by atoms with van der Waals surface area (Å²) in [4.78, 5) is 4.34. The Kier molecular flexibility index (Phi) is 6.27. The van der Waals surface area contributed by atoms with Gasteiger partial charge in [-0.15, -0.1) is 0 Å². The number of aliphatic hydroxyl groups excluding tert-OH is 1. The number of hydrogen-bond acceptors (Lipinski definition) is 3. The average Bonchev–Trinajstić information content (AvgIpc) is 3.16. The zero-order chi connectivity index (χ0) is 23.3. The standard InChI is InChI=1S/C30H45NO2/c1-4-30(33)18-17-29(3)22(20-30)11-13-23-24-14-12-21(28(24,2)16-15-25(23)29)8-7-10-27(32)26-9-5-6-19-31-26/h5-6,9,11,19,21,23-25,27,32-33H,4,7-8,10,12-18,20H2,1-3H3/t21-,23-,24-,25-,27?,28+,29-,30-/m0/s1. The molecule has 0 radical (unpaired) electrons. The first-order valence-electron chi connectivity index (χ1n) is 13.8. The predicted molar refractivity (Wildman–Crippen MR) is 133 cm³/mol. The van der Waals surface area contributed by atoms with E-state index in [9.17, 15) is 10.2 Å². The minimum absolute atomic E-state index is 0.316. The van der Waals surface area contributed by atoms with E-state index in [2.05, 4.69) is 31.8 Å². The molecule has 3 saturated carbocycles. The van der Waals surface area contributed by atoms with Crippen LogP contribution < -0.4 is 0 Å². The van der Waals surface area contributed by atoms with Crippen molar-refractivity contribution >= 4 is 0 Å². The molecule has 5 rings (SSSR count). The highest BCUT2D eigenvalue weighted by Crippen LogP contribution is 2.67. The molecular weight excluding hydrogens is 406 g/mol. The van der Waals surface area contributed by atoms with E-state index in [1.807, 2.05) is 18.2 Å². The Morgan fingerprint density at radius 2 is 1.94 bits per heavy atom. The molecule has 3 fully saturated rings. The van der Waals surface area contributed by atoms with Crippen molar-refractivity contribution in [1.82, 2.24) is 4.98 Å². The van der Waals surface area contributed by atoms with Crippen LogP contribution in [0.3, 0.4) is 0 Å². The maximum Gasteiger partial charge on any atom is 0.0959 e. The topological polar surface area (TPSA) is 53.4 Å². The Morgan fingerprint density at radius 1 is 1.09 bits per heavy atom. The highest BCUT2D eigenvalue weighted by Gasteiger charge is 2.59. The Bertz CT molecular complexity index is 867. The van der Waals surface area contributed by atoms with Crippen LogP contribution in [0.4, 0.5) is 0 Å². The van der Waals surface area contributed by atoms with Gasteiger partial charge in [0.2, 0.25) is 0 Å². The molecule has 1 aromatic heterocycles. The molecule has 2 N–H and O–H groups in total. The van der Waals surface area contributed by atoms with E-state index in [1.54, 1.807) is 11.8 Å². The van der Waals surface area contributed by atoms with Gasteiger partial charge >= 0.3 is 0 Å². The summed E-state index contributed by atoms with van der Waals surface area (Å²) in [5.41, 5.74) is 2.73. The van der Waals surface area contributed by atoms with Gasteiger partial charge in [0.1, 0.15) is 0 Å². The van der Waals surface area contributed by atoms with Crippen molar-refractivity contribution in [3.8, 4) is 0 Å². The van der Waals surface area contributed by atoms with Crippen molar-refractivity contribution in [2.75, 3.05) is 0 Å². The summed E-state index contributed by atoms with van der Waals surface area (Å²) in [5.74, 6) is 3.29. The van der Waals surface area contributed by atoms with Crippen molar-refractivity contribution in [3.05, 3.63) is 41.7 Å². The van der Waals surface area contributed by atoms with Gasteiger partial charge in [0.25, 0.3) is 0 Å². The van der Waals surface area contributed by atoms with Crippen LogP contribution in [0.25, 0.3) is 0 Å². The zero-order valence-electron chi connectivity index (χ0n) is 21.1. The first-order valence-corrected chi connectivity index (χ1v) is 13.8. The third-order valence-corrected chi connectivity index (χ3v) is 11.2. The van der Waals surface area contributed by atoms with Gasteiger partial charge < -0.3 is 10.2 Å². The van der Waals surface area contributed by atoms with Crippen LogP contribution in [0.1, 0.15) is 110 Å². The molecule has 8 atom stereocenters. The van der Waals surface area contributed by atoms with Crippen molar-refractivity contribution in [2.24, 2.45) is 34.5 Å². The maximum absolute atomic E-state index is 11.0. The molecule has 1 unspecified atom stereocenters. The van der Waals surface area contributed by atoms with E-state index in [-0.39, 0.29) is 0 Å². The SMILES string of the molecule is CC[C@]1(O)CC[C@@]2(C)C(=CC[C@H]3[C@@H]4CC[C@H](CCCC(O)c5ccccn5)[C@@]4(C)CC[C@@H]32)C1. The number of fused-ring (bicyclic) bond motifs is 5. The molecule has 3 nitrogen and oxygen atoms in total. The van der Waals surface area contributed by atoms with Crippen LogP contribution in [-0.2, 0) is 0 Å². The number of aliphatic hydroxyl groups is 2. The lowest BCUT2D eigenvalue weighted by Gasteiger charge is -2.59. The summed E-state index contributed by atoms with van der Waals surface area (Å²) in [6.45, 7) is 7.30. The highest BCUT2D eigenvalue weighted by atomic mass is 16.3. The van der Waals surface area contributed by atoms with E-state index in [0.717, 1.165) is 61.5 Å². The van der Waals surface area contributed by atoms with Crippen LogP contribution in [0.15, 0.2) is 36.0 Å². The number of nitrogens with zero attached hydrogens (tertiary/aromatic N) is 1. The molecule has 1 heterocycles. The molecule has 0 aromatic carbocycles. The van der Waals surface area contributed by atoms with Crippen LogP contribution >= 0.6 is 0 Å².